The van der Waals surface area contributed by atoms with Crippen molar-refractivity contribution in [1.82, 2.24) is 0 Å². The van der Waals surface area contributed by atoms with E-state index in [1.807, 2.05) is 0 Å². The fourth-order valence-corrected chi connectivity index (χ4v) is 1.17. The molecule has 0 fully saturated rings. The van der Waals surface area contributed by atoms with Gasteiger partial charge in [-0.25, -0.2) is 4.39 Å². The van der Waals surface area contributed by atoms with E-state index in [0.29, 0.717) is 18.5 Å². The molecule has 0 aliphatic rings. The Kier molecular flexibility index (Phi) is 3.08. The normalized spacial score (nSPS) is 10.1. The lowest BCUT2D eigenvalue weighted by Gasteiger charge is -2.09. The number of benzene rings is 1. The minimum Gasteiger partial charge on any atom is -0.502 e. The Morgan fingerprint density at radius 3 is 2.77 bits per heavy atom. The summed E-state index contributed by atoms with van der Waals surface area (Å²) in [5, 5.41) is 9.26. The SMILES string of the molecule is COc1c(CCN)ccc(F)c1O. The predicted molar refractivity (Wildman–Crippen MR) is 47.4 cm³/mol. The molecule has 3 N–H and O–H groups in total. The minimum atomic E-state index is -0.683. The maximum atomic E-state index is 12.8. The molecule has 4 heteroatoms. The van der Waals surface area contributed by atoms with Gasteiger partial charge in [-0.05, 0) is 24.6 Å². The number of aromatic hydroxyl groups is 1. The molecule has 0 aromatic heterocycles. The number of phenolic OH excluding ortho intramolecular Hbond substituents is 1. The van der Waals surface area contributed by atoms with Crippen molar-refractivity contribution in [2.75, 3.05) is 13.7 Å². The predicted octanol–water partition coefficient (Wildman–Crippen LogP) is 1.04. The van der Waals surface area contributed by atoms with Crippen LogP contribution in [0, 0.1) is 5.82 Å². The van der Waals surface area contributed by atoms with Gasteiger partial charge in [-0.15, -0.1) is 0 Å². The van der Waals surface area contributed by atoms with Gasteiger partial charge in [0, 0.05) is 0 Å². The average molecular weight is 185 g/mol. The monoisotopic (exact) mass is 185 g/mol. The van der Waals surface area contributed by atoms with Crippen LogP contribution in [0.3, 0.4) is 0 Å². The zero-order valence-electron chi connectivity index (χ0n) is 7.38. The number of hydrogen-bond donors (Lipinski definition) is 2. The van der Waals surface area contributed by atoms with E-state index < -0.39 is 11.6 Å². The summed E-state index contributed by atoms with van der Waals surface area (Å²) in [5.74, 6) is -0.962. The van der Waals surface area contributed by atoms with E-state index in [1.54, 1.807) is 6.07 Å². The van der Waals surface area contributed by atoms with E-state index >= 15 is 0 Å². The first-order chi connectivity index (χ1) is 6.20. The van der Waals surface area contributed by atoms with Crippen LogP contribution in [0.4, 0.5) is 4.39 Å². The summed E-state index contributed by atoms with van der Waals surface area (Å²) >= 11 is 0. The second kappa shape index (κ2) is 4.09. The highest BCUT2D eigenvalue weighted by Gasteiger charge is 2.11. The van der Waals surface area contributed by atoms with E-state index in [4.69, 9.17) is 10.5 Å². The van der Waals surface area contributed by atoms with Crippen LogP contribution in [-0.4, -0.2) is 18.8 Å². The molecular weight excluding hydrogens is 173 g/mol. The molecule has 0 radical (unpaired) electrons. The summed E-state index contributed by atoms with van der Waals surface area (Å²) in [5.41, 5.74) is 6.05. The Morgan fingerprint density at radius 2 is 2.23 bits per heavy atom. The van der Waals surface area contributed by atoms with Gasteiger partial charge in [0.05, 0.1) is 7.11 Å². The molecular formula is C9H12FNO2. The maximum absolute atomic E-state index is 12.8. The van der Waals surface area contributed by atoms with Crippen molar-refractivity contribution in [3.8, 4) is 11.5 Å². The molecule has 0 saturated carbocycles. The molecule has 72 valence electrons. The van der Waals surface area contributed by atoms with Crippen LogP contribution >= 0.6 is 0 Å². The molecule has 0 aliphatic carbocycles. The third kappa shape index (κ3) is 1.89. The van der Waals surface area contributed by atoms with Gasteiger partial charge < -0.3 is 15.6 Å². The summed E-state index contributed by atoms with van der Waals surface area (Å²) in [7, 11) is 1.38. The molecule has 13 heavy (non-hydrogen) atoms. The molecule has 0 atom stereocenters. The standard InChI is InChI=1S/C9H12FNO2/c1-13-9-6(4-5-11)2-3-7(10)8(9)12/h2-3,12H,4-5,11H2,1H3. The number of methoxy groups -OCH3 is 1. The minimum absolute atomic E-state index is 0.172. The Balaban J connectivity index is 3.13. The van der Waals surface area contributed by atoms with Gasteiger partial charge in [-0.2, -0.15) is 0 Å². The topological polar surface area (TPSA) is 55.5 Å². The summed E-state index contributed by atoms with van der Waals surface area (Å²) in [6.45, 7) is 0.432. The van der Waals surface area contributed by atoms with Crippen LogP contribution in [0.1, 0.15) is 5.56 Å². The van der Waals surface area contributed by atoms with Gasteiger partial charge >= 0.3 is 0 Å². The fourth-order valence-electron chi connectivity index (χ4n) is 1.17. The number of hydrogen-bond acceptors (Lipinski definition) is 3. The van der Waals surface area contributed by atoms with Crippen LogP contribution in [0.25, 0.3) is 0 Å². The van der Waals surface area contributed by atoms with Crippen molar-refractivity contribution in [2.45, 2.75) is 6.42 Å². The second-order valence-corrected chi connectivity index (χ2v) is 2.63. The molecule has 0 bridgehead atoms. The molecule has 0 aliphatic heterocycles. The molecule has 0 amide bonds. The van der Waals surface area contributed by atoms with E-state index in [0.717, 1.165) is 0 Å². The number of halogens is 1. The van der Waals surface area contributed by atoms with Crippen molar-refractivity contribution < 1.29 is 14.2 Å². The van der Waals surface area contributed by atoms with E-state index in [-0.39, 0.29) is 5.75 Å². The van der Waals surface area contributed by atoms with Crippen LogP contribution in [0.2, 0.25) is 0 Å². The lowest BCUT2D eigenvalue weighted by Crippen LogP contribution is -2.04. The van der Waals surface area contributed by atoms with Crippen LogP contribution in [0.15, 0.2) is 12.1 Å². The van der Waals surface area contributed by atoms with E-state index in [1.165, 1.54) is 13.2 Å². The lowest BCUT2D eigenvalue weighted by atomic mass is 10.1. The van der Waals surface area contributed by atoms with Crippen molar-refractivity contribution in [3.63, 3.8) is 0 Å². The quantitative estimate of drug-likeness (QED) is 0.739. The van der Waals surface area contributed by atoms with Crippen molar-refractivity contribution in [1.29, 1.82) is 0 Å². The van der Waals surface area contributed by atoms with Crippen molar-refractivity contribution >= 4 is 0 Å². The highest BCUT2D eigenvalue weighted by molar-refractivity contribution is 5.46. The Morgan fingerprint density at radius 1 is 1.54 bits per heavy atom. The third-order valence-electron chi connectivity index (χ3n) is 1.78. The molecule has 3 nitrogen and oxygen atoms in total. The molecule has 1 rings (SSSR count). The summed E-state index contributed by atoms with van der Waals surface area (Å²) in [4.78, 5) is 0. The van der Waals surface area contributed by atoms with Crippen LogP contribution in [-0.2, 0) is 6.42 Å². The first kappa shape index (κ1) is 9.80. The van der Waals surface area contributed by atoms with Gasteiger partial charge in [0.15, 0.2) is 17.3 Å². The molecule has 0 saturated heterocycles. The smallest absolute Gasteiger partial charge is 0.194 e. The zero-order chi connectivity index (χ0) is 9.84. The highest BCUT2D eigenvalue weighted by atomic mass is 19.1. The van der Waals surface area contributed by atoms with E-state index in [2.05, 4.69) is 0 Å². The highest BCUT2D eigenvalue weighted by Crippen LogP contribution is 2.32. The molecule has 1 aromatic carbocycles. The molecule has 1 aromatic rings. The zero-order valence-corrected chi connectivity index (χ0v) is 7.38. The Labute approximate surface area is 75.9 Å². The third-order valence-corrected chi connectivity index (χ3v) is 1.78. The Bertz CT molecular complexity index is 302. The second-order valence-electron chi connectivity index (χ2n) is 2.63. The summed E-state index contributed by atoms with van der Waals surface area (Å²) < 4.78 is 17.7. The first-order valence-electron chi connectivity index (χ1n) is 3.95. The van der Waals surface area contributed by atoms with Gasteiger partial charge in [-0.3, -0.25) is 0 Å². The Hall–Kier alpha value is -1.29. The first-order valence-corrected chi connectivity index (χ1v) is 3.95. The number of nitrogens with two attached hydrogens (primary N) is 1. The molecule has 0 spiro atoms. The number of ether oxygens (including phenoxy) is 1. The van der Waals surface area contributed by atoms with Crippen molar-refractivity contribution in [3.05, 3.63) is 23.5 Å². The van der Waals surface area contributed by atoms with Gasteiger partial charge in [-0.1, -0.05) is 6.07 Å². The fraction of sp³-hybridized carbons (Fsp3) is 0.333. The number of phenols is 1. The van der Waals surface area contributed by atoms with Crippen LogP contribution < -0.4 is 10.5 Å². The van der Waals surface area contributed by atoms with Crippen molar-refractivity contribution in [2.24, 2.45) is 5.73 Å². The summed E-state index contributed by atoms with van der Waals surface area (Å²) in [6.07, 6.45) is 0.553. The molecule has 0 unspecified atom stereocenters. The maximum Gasteiger partial charge on any atom is 0.194 e. The van der Waals surface area contributed by atoms with Gasteiger partial charge in [0.1, 0.15) is 0 Å². The largest absolute Gasteiger partial charge is 0.502 e. The molecule has 0 heterocycles. The summed E-state index contributed by atoms with van der Waals surface area (Å²) in [6, 6.07) is 2.75. The number of rotatable bonds is 3. The van der Waals surface area contributed by atoms with Gasteiger partial charge in [0.2, 0.25) is 0 Å². The van der Waals surface area contributed by atoms with Gasteiger partial charge in [0.25, 0.3) is 0 Å². The van der Waals surface area contributed by atoms with E-state index in [9.17, 15) is 9.50 Å². The average Bonchev–Trinajstić information content (AvgIpc) is 2.12. The lowest BCUT2D eigenvalue weighted by molar-refractivity contribution is 0.353. The van der Waals surface area contributed by atoms with Crippen LogP contribution in [0.5, 0.6) is 11.5 Å².